The highest BCUT2D eigenvalue weighted by Gasteiger charge is 2.28. The van der Waals surface area contributed by atoms with Crippen LogP contribution in [0.3, 0.4) is 0 Å². The van der Waals surface area contributed by atoms with Gasteiger partial charge in [0.05, 0.1) is 17.1 Å². The first-order chi connectivity index (χ1) is 16.0. The Morgan fingerprint density at radius 1 is 1.03 bits per heavy atom. The van der Waals surface area contributed by atoms with E-state index in [0.717, 1.165) is 42.0 Å². The first-order valence-corrected chi connectivity index (χ1v) is 11.1. The van der Waals surface area contributed by atoms with E-state index in [4.69, 9.17) is 9.84 Å². The van der Waals surface area contributed by atoms with Crippen LogP contribution < -0.4 is 4.74 Å². The Morgan fingerprint density at radius 2 is 1.79 bits per heavy atom. The summed E-state index contributed by atoms with van der Waals surface area (Å²) in [7, 11) is 0. The normalized spacial score (nSPS) is 15.2. The summed E-state index contributed by atoms with van der Waals surface area (Å²) in [4.78, 5) is 22.3. The minimum Gasteiger partial charge on any atom is -0.488 e. The van der Waals surface area contributed by atoms with Crippen LogP contribution in [-0.2, 0) is 11.3 Å². The number of aliphatic carboxylic acids is 1. The molecule has 4 aromatic rings. The van der Waals surface area contributed by atoms with Crippen LogP contribution in [0.25, 0.3) is 22.0 Å². The summed E-state index contributed by atoms with van der Waals surface area (Å²) in [5.41, 5.74) is 4.76. The summed E-state index contributed by atoms with van der Waals surface area (Å²) in [6.45, 7) is 4.29. The average molecular weight is 440 g/mol. The highest BCUT2D eigenvalue weighted by Crippen LogP contribution is 2.26. The fourth-order valence-corrected chi connectivity index (χ4v) is 4.06. The van der Waals surface area contributed by atoms with Crippen LogP contribution in [0.4, 0.5) is 0 Å². The van der Waals surface area contributed by atoms with Crippen LogP contribution in [0.2, 0.25) is 0 Å². The maximum Gasteiger partial charge on any atom is 0.312 e. The maximum atomic E-state index is 11.1. The van der Waals surface area contributed by atoms with Crippen molar-refractivity contribution in [3.05, 3.63) is 90.4 Å². The Bertz CT molecular complexity index is 1270. The quantitative estimate of drug-likeness (QED) is 0.448. The standard InChI is InChI=1S/C27H25N3O3/c1-18(27(31)32)25-11-8-22(14-29-25)20-6-9-23(10-7-20)33-24-16-30(17-24)15-19-12-21-4-2-3-5-26(21)28-13-19/h2-14,18,24H,15-17H2,1H3,(H,31,32). The lowest BCUT2D eigenvalue weighted by molar-refractivity contribution is -0.138. The van der Waals surface area contributed by atoms with Crippen molar-refractivity contribution in [1.29, 1.82) is 0 Å². The molecule has 5 rings (SSSR count). The molecule has 0 amide bonds. The average Bonchev–Trinajstić information content (AvgIpc) is 2.82. The summed E-state index contributed by atoms with van der Waals surface area (Å²) >= 11 is 0. The molecule has 1 unspecified atom stereocenters. The zero-order chi connectivity index (χ0) is 22.8. The zero-order valence-electron chi connectivity index (χ0n) is 18.4. The Balaban J connectivity index is 1.14. The summed E-state index contributed by atoms with van der Waals surface area (Å²) in [6.07, 6.45) is 3.86. The number of nitrogens with zero attached hydrogens (tertiary/aromatic N) is 3. The third-order valence-corrected chi connectivity index (χ3v) is 6.07. The van der Waals surface area contributed by atoms with Crippen LogP contribution in [0.1, 0.15) is 24.1 Å². The lowest BCUT2D eigenvalue weighted by Crippen LogP contribution is -2.53. The van der Waals surface area contributed by atoms with E-state index >= 15 is 0 Å². The van der Waals surface area contributed by atoms with Gasteiger partial charge in [-0.15, -0.1) is 0 Å². The molecule has 1 saturated heterocycles. The maximum absolute atomic E-state index is 11.1. The number of fused-ring (bicyclic) bond motifs is 1. The number of carboxylic acid groups (broad SMARTS) is 1. The molecule has 0 spiro atoms. The number of hydrogen-bond acceptors (Lipinski definition) is 5. The molecule has 0 bridgehead atoms. The Morgan fingerprint density at radius 3 is 2.52 bits per heavy atom. The fraction of sp³-hybridized carbons (Fsp3) is 0.222. The van der Waals surface area contributed by atoms with Crippen molar-refractivity contribution in [2.24, 2.45) is 0 Å². The van der Waals surface area contributed by atoms with E-state index in [1.807, 2.05) is 54.7 Å². The van der Waals surface area contributed by atoms with Gasteiger partial charge in [-0.3, -0.25) is 19.7 Å². The number of benzene rings is 2. The minimum absolute atomic E-state index is 0.183. The van der Waals surface area contributed by atoms with Gasteiger partial charge in [-0.2, -0.15) is 0 Å². The van der Waals surface area contributed by atoms with E-state index in [2.05, 4.69) is 27.0 Å². The van der Waals surface area contributed by atoms with E-state index in [0.29, 0.717) is 5.69 Å². The van der Waals surface area contributed by atoms with Crippen LogP contribution in [-0.4, -0.2) is 45.1 Å². The number of pyridine rings is 2. The molecule has 3 heterocycles. The van der Waals surface area contributed by atoms with Crippen LogP contribution in [0.15, 0.2) is 79.1 Å². The van der Waals surface area contributed by atoms with Crippen molar-refractivity contribution in [3.8, 4) is 16.9 Å². The molecule has 166 valence electrons. The van der Waals surface area contributed by atoms with E-state index in [-0.39, 0.29) is 6.10 Å². The molecule has 2 aromatic carbocycles. The number of hydrogen-bond donors (Lipinski definition) is 1. The summed E-state index contributed by atoms with van der Waals surface area (Å²) in [5.74, 6) is -0.644. The van der Waals surface area contributed by atoms with Gasteiger partial charge in [-0.25, -0.2) is 0 Å². The van der Waals surface area contributed by atoms with Crippen molar-refractivity contribution >= 4 is 16.9 Å². The monoisotopic (exact) mass is 439 g/mol. The Kier molecular flexibility index (Phi) is 5.75. The molecule has 0 radical (unpaired) electrons. The molecule has 1 aliphatic rings. The van der Waals surface area contributed by atoms with E-state index in [1.54, 1.807) is 19.2 Å². The van der Waals surface area contributed by atoms with Gasteiger partial charge in [0.25, 0.3) is 0 Å². The predicted molar refractivity (Wildman–Crippen MR) is 127 cm³/mol. The molecule has 6 nitrogen and oxygen atoms in total. The zero-order valence-corrected chi connectivity index (χ0v) is 18.4. The van der Waals surface area contributed by atoms with Gasteiger partial charge in [0.15, 0.2) is 0 Å². The summed E-state index contributed by atoms with van der Waals surface area (Å²) in [5, 5.41) is 10.3. The highest BCUT2D eigenvalue weighted by molar-refractivity contribution is 5.78. The van der Waals surface area contributed by atoms with Crippen molar-refractivity contribution in [3.63, 3.8) is 0 Å². The van der Waals surface area contributed by atoms with Gasteiger partial charge < -0.3 is 9.84 Å². The third kappa shape index (κ3) is 4.71. The van der Waals surface area contributed by atoms with Crippen LogP contribution >= 0.6 is 0 Å². The van der Waals surface area contributed by atoms with Gasteiger partial charge in [-0.1, -0.05) is 36.4 Å². The summed E-state index contributed by atoms with van der Waals surface area (Å²) < 4.78 is 6.12. The predicted octanol–water partition coefficient (Wildman–Crippen LogP) is 4.75. The van der Waals surface area contributed by atoms with Gasteiger partial charge in [-0.05, 0) is 48.4 Å². The Labute approximate surface area is 192 Å². The van der Waals surface area contributed by atoms with Gasteiger partial charge in [0, 0.05) is 43.0 Å². The van der Waals surface area contributed by atoms with Crippen LogP contribution in [0.5, 0.6) is 5.75 Å². The summed E-state index contributed by atoms with van der Waals surface area (Å²) in [6, 6.07) is 22.0. The number of para-hydroxylation sites is 1. The van der Waals surface area contributed by atoms with Gasteiger partial charge >= 0.3 is 5.97 Å². The second-order valence-electron chi connectivity index (χ2n) is 8.53. The number of carboxylic acids is 1. The largest absolute Gasteiger partial charge is 0.488 e. The molecule has 1 fully saturated rings. The molecule has 33 heavy (non-hydrogen) atoms. The number of ether oxygens (including phenoxy) is 1. The lowest BCUT2D eigenvalue weighted by Gasteiger charge is -2.39. The second-order valence-corrected chi connectivity index (χ2v) is 8.53. The topological polar surface area (TPSA) is 75.6 Å². The number of carbonyl (C=O) groups is 1. The van der Waals surface area contributed by atoms with Crippen LogP contribution in [0, 0.1) is 0 Å². The molecule has 1 aliphatic heterocycles. The van der Waals surface area contributed by atoms with Crippen molar-refractivity contribution < 1.29 is 14.6 Å². The highest BCUT2D eigenvalue weighted by atomic mass is 16.5. The van der Waals surface area contributed by atoms with Crippen molar-refractivity contribution in [2.75, 3.05) is 13.1 Å². The molecule has 1 atom stereocenters. The number of rotatable bonds is 7. The van der Waals surface area contributed by atoms with Crippen molar-refractivity contribution in [2.45, 2.75) is 25.5 Å². The molecule has 0 saturated carbocycles. The lowest BCUT2D eigenvalue weighted by atomic mass is 10.0. The van der Waals surface area contributed by atoms with E-state index in [1.165, 1.54) is 10.9 Å². The molecular formula is C27H25N3O3. The van der Waals surface area contributed by atoms with Gasteiger partial charge in [0.2, 0.25) is 0 Å². The molecule has 1 N–H and O–H groups in total. The minimum atomic E-state index is -0.875. The van der Waals surface area contributed by atoms with Crippen molar-refractivity contribution in [1.82, 2.24) is 14.9 Å². The molecule has 2 aromatic heterocycles. The molecule has 0 aliphatic carbocycles. The fourth-order valence-electron chi connectivity index (χ4n) is 4.06. The van der Waals surface area contributed by atoms with E-state index < -0.39 is 11.9 Å². The van der Waals surface area contributed by atoms with Gasteiger partial charge in [0.1, 0.15) is 11.9 Å². The molecule has 6 heteroatoms. The third-order valence-electron chi connectivity index (χ3n) is 6.07. The second kappa shape index (κ2) is 9.00. The first-order valence-electron chi connectivity index (χ1n) is 11.1. The first kappa shape index (κ1) is 21.1. The molecular weight excluding hydrogens is 414 g/mol. The smallest absolute Gasteiger partial charge is 0.312 e. The van der Waals surface area contributed by atoms with E-state index in [9.17, 15) is 4.79 Å². The number of likely N-dealkylation sites (tertiary alicyclic amines) is 1. The SMILES string of the molecule is CC(C(=O)O)c1ccc(-c2ccc(OC3CN(Cc4cnc5ccccc5c4)C3)cc2)cn1. The Hall–Kier alpha value is -3.77. The number of aromatic nitrogens is 2.